The molecule has 3 fully saturated rings. The summed E-state index contributed by atoms with van der Waals surface area (Å²) in [6.07, 6.45) is 7.51. The van der Waals surface area contributed by atoms with E-state index in [1.54, 1.807) is 0 Å². The van der Waals surface area contributed by atoms with Crippen molar-refractivity contribution in [3.05, 3.63) is 0 Å². The van der Waals surface area contributed by atoms with E-state index in [0.717, 1.165) is 0 Å². The predicted molar refractivity (Wildman–Crippen MR) is 402 cm³/mol. The van der Waals surface area contributed by atoms with Crippen molar-refractivity contribution in [2.75, 3.05) is 92.4 Å². The summed E-state index contributed by atoms with van der Waals surface area (Å²) in [6.45, 7) is 23.4. The number of hydrogen-bond acceptors (Lipinski definition) is 24. The summed E-state index contributed by atoms with van der Waals surface area (Å²) in [5.41, 5.74) is -1.41. The van der Waals surface area contributed by atoms with Crippen LogP contribution in [0.4, 0.5) is 0 Å². The van der Waals surface area contributed by atoms with E-state index >= 15 is 0 Å². The maximum atomic E-state index is 13.6. The average molecular weight is 1550 g/mol. The van der Waals surface area contributed by atoms with E-state index in [2.05, 4.69) is 62.8 Å². The highest BCUT2D eigenvalue weighted by Gasteiger charge is 2.44. The number of Topliss-reactive ketones (excluding diaryl/α,β-unsaturated/α-hetero) is 4. The third kappa shape index (κ3) is 42.0. The number of carbonyl (C=O) groups is 12. The average Bonchev–Trinajstić information content (AvgIpc) is 0.797. The van der Waals surface area contributed by atoms with Crippen LogP contribution in [0, 0.1) is 47.3 Å². The Morgan fingerprint density at radius 3 is 1.07 bits per heavy atom. The number of ether oxygens (including phenoxy) is 12. The number of nitrogens with one attached hydrogen (secondary N) is 4. The molecule has 3 rings (SSSR count). The molecule has 109 heavy (non-hydrogen) atoms. The van der Waals surface area contributed by atoms with Crippen LogP contribution >= 0.6 is 0 Å². The summed E-state index contributed by atoms with van der Waals surface area (Å²) >= 11 is 0. The van der Waals surface area contributed by atoms with Crippen LogP contribution in [0.1, 0.15) is 250 Å². The molecule has 4 amide bonds. The van der Waals surface area contributed by atoms with Crippen LogP contribution in [-0.4, -0.2) is 217 Å². The number of ketones is 4. The zero-order valence-electron chi connectivity index (χ0n) is 67.7. The van der Waals surface area contributed by atoms with Gasteiger partial charge in [0.1, 0.15) is 48.5 Å². The molecule has 0 aliphatic carbocycles. The number of unbranched alkanes of at least 4 members (excludes halogenated alkanes) is 7. The smallest absolute Gasteiger partial charge is 0.303 e. The topological polar surface area (TPSA) is 384 Å². The lowest BCUT2D eigenvalue weighted by Crippen LogP contribution is -2.58. The molecule has 3 aliphatic heterocycles. The van der Waals surface area contributed by atoms with Crippen LogP contribution < -0.4 is 21.3 Å². The quantitative estimate of drug-likeness (QED) is 0.0215. The molecule has 3 saturated heterocycles. The Kier molecular flexibility index (Phi) is 49.5. The Morgan fingerprint density at radius 1 is 0.339 bits per heavy atom. The Labute approximate surface area is 647 Å². The lowest BCUT2D eigenvalue weighted by atomic mass is 9.79. The number of hydrogen-bond donors (Lipinski definition) is 5. The first-order valence-electron chi connectivity index (χ1n) is 40.3. The highest BCUT2D eigenvalue weighted by molar-refractivity contribution is 5.80. The molecule has 0 bridgehead atoms. The van der Waals surface area contributed by atoms with Crippen molar-refractivity contribution in [2.24, 2.45) is 47.3 Å². The second kappa shape index (κ2) is 55.5. The fourth-order valence-electron chi connectivity index (χ4n) is 13.4. The second-order valence-corrected chi connectivity index (χ2v) is 30.4. The van der Waals surface area contributed by atoms with Gasteiger partial charge in [-0.2, -0.15) is 0 Å². The van der Waals surface area contributed by atoms with Gasteiger partial charge >= 0.3 is 23.9 Å². The Balaban J connectivity index is 1.48. The van der Waals surface area contributed by atoms with Gasteiger partial charge in [0.15, 0.2) is 18.9 Å². The molecule has 0 saturated carbocycles. The largest absolute Gasteiger partial charge is 0.481 e. The summed E-state index contributed by atoms with van der Waals surface area (Å²) < 4.78 is 70.6. The van der Waals surface area contributed by atoms with Gasteiger partial charge in [0.05, 0.1) is 64.0 Å². The monoisotopic (exact) mass is 1550 g/mol. The van der Waals surface area contributed by atoms with E-state index in [9.17, 15) is 62.6 Å². The van der Waals surface area contributed by atoms with Gasteiger partial charge in [-0.3, -0.25) is 57.5 Å². The molecule has 0 radical (unpaired) electrons. The van der Waals surface area contributed by atoms with Crippen LogP contribution in [0.15, 0.2) is 0 Å². The van der Waals surface area contributed by atoms with Crippen LogP contribution in [-0.2, 0) is 114 Å². The normalized spacial score (nSPS) is 24.5. The van der Waals surface area contributed by atoms with Crippen LogP contribution in [0.25, 0.3) is 0 Å². The minimum Gasteiger partial charge on any atom is -0.481 e. The minimum atomic E-state index is -1.41. The molecule has 626 valence electrons. The van der Waals surface area contributed by atoms with Crippen molar-refractivity contribution in [3.8, 4) is 0 Å². The van der Waals surface area contributed by atoms with Gasteiger partial charge in [-0.15, -0.1) is 0 Å². The van der Waals surface area contributed by atoms with Crippen molar-refractivity contribution in [1.82, 2.24) is 21.3 Å². The number of amides is 4. The van der Waals surface area contributed by atoms with Crippen molar-refractivity contribution in [3.63, 3.8) is 0 Å². The Morgan fingerprint density at radius 2 is 0.679 bits per heavy atom. The summed E-state index contributed by atoms with van der Waals surface area (Å²) in [4.78, 5) is 149. The SMILES string of the molecule is CC(=O)NC1[C@H](OCCCCC(=O)NCCCNC(=O)CCOCC(COCCC(=O)CCCCCC(=O)CCCCO[C@@H]2OC(COC(C)=O)[C@H](C)[C@H](C)C2C)(COCCC(=O)CCCCCC(=O)CCCCO[C@@H]2OC(COC(C)=O)[C@H](C)[C@H](C)C2C)NC(=O)CCCC(=O)O)OC(COC(C)=O)[C@H](C)[C@@H]1C. The van der Waals surface area contributed by atoms with E-state index < -0.39 is 54.4 Å². The lowest BCUT2D eigenvalue weighted by molar-refractivity contribution is -0.255. The van der Waals surface area contributed by atoms with Crippen molar-refractivity contribution >= 4 is 70.6 Å². The van der Waals surface area contributed by atoms with Gasteiger partial charge in [-0.25, -0.2) is 0 Å². The van der Waals surface area contributed by atoms with Gasteiger partial charge in [-0.05, 0) is 113 Å². The van der Waals surface area contributed by atoms with Crippen molar-refractivity contribution in [2.45, 2.75) is 299 Å². The molecule has 3 aliphatic rings. The fraction of sp³-hybridized carbons (Fsp3) is 0.850. The maximum absolute atomic E-state index is 13.6. The highest BCUT2D eigenvalue weighted by atomic mass is 16.7. The second-order valence-electron chi connectivity index (χ2n) is 30.4. The van der Waals surface area contributed by atoms with E-state index in [1.807, 2.05) is 13.8 Å². The number of carboxylic acids is 1. The van der Waals surface area contributed by atoms with Crippen molar-refractivity contribution < 1.29 is 119 Å². The fourth-order valence-corrected chi connectivity index (χ4v) is 13.4. The number of carbonyl (C=O) groups excluding carboxylic acids is 11. The van der Waals surface area contributed by atoms with E-state index in [-0.39, 0.29) is 231 Å². The van der Waals surface area contributed by atoms with Gasteiger partial charge in [-0.1, -0.05) is 68.2 Å². The molecular weight excluding hydrogens is 1420 g/mol. The summed E-state index contributed by atoms with van der Waals surface area (Å²) in [5.74, 6) is -2.11. The first-order valence-corrected chi connectivity index (χ1v) is 40.3. The van der Waals surface area contributed by atoms with Crippen molar-refractivity contribution in [1.29, 1.82) is 0 Å². The number of rotatable bonds is 61. The van der Waals surface area contributed by atoms with E-state index in [1.165, 1.54) is 27.7 Å². The zero-order chi connectivity index (χ0) is 80.7. The lowest BCUT2D eigenvalue weighted by Gasteiger charge is -2.44. The zero-order valence-corrected chi connectivity index (χ0v) is 67.7. The third-order valence-corrected chi connectivity index (χ3v) is 21.3. The molecule has 29 heteroatoms. The molecule has 0 aromatic carbocycles. The molecule has 0 aromatic rings. The van der Waals surface area contributed by atoms with Crippen LogP contribution in [0.5, 0.6) is 0 Å². The van der Waals surface area contributed by atoms with Gasteiger partial charge in [0, 0.05) is 149 Å². The molecule has 3 heterocycles. The van der Waals surface area contributed by atoms with Gasteiger partial charge in [0.2, 0.25) is 23.6 Å². The van der Waals surface area contributed by atoms with Gasteiger partial charge < -0.3 is 83.2 Å². The molecule has 0 spiro atoms. The van der Waals surface area contributed by atoms with Crippen LogP contribution in [0.2, 0.25) is 0 Å². The summed E-state index contributed by atoms with van der Waals surface area (Å²) in [5, 5.41) is 20.9. The maximum Gasteiger partial charge on any atom is 0.303 e. The van der Waals surface area contributed by atoms with E-state index in [0.29, 0.717) is 141 Å². The molecule has 0 aromatic heterocycles. The molecule has 5 N–H and O–H groups in total. The number of esters is 3. The van der Waals surface area contributed by atoms with Gasteiger partial charge in [0.25, 0.3) is 0 Å². The minimum absolute atomic E-state index is 0.0232. The highest BCUT2D eigenvalue weighted by Crippen LogP contribution is 2.38. The first kappa shape index (κ1) is 97.3. The van der Waals surface area contributed by atoms with Crippen LogP contribution in [0.3, 0.4) is 0 Å². The Bertz CT molecular complexity index is 2630. The Hall–Kier alpha value is -5.92. The third-order valence-electron chi connectivity index (χ3n) is 21.3. The molecule has 6 unspecified atom stereocenters. The van der Waals surface area contributed by atoms with E-state index in [4.69, 9.17) is 56.8 Å². The summed E-state index contributed by atoms with van der Waals surface area (Å²) in [6, 6.07) is -0.422. The number of aliphatic carboxylic acids is 1. The number of carboxylic acid groups (broad SMARTS) is 1. The standard InChI is InChI=1S/C80H136N4O25/c1-53-55(3)69(47-104-62(10)86)107-77(59(53)7)101-41-22-19-31-65(89)27-15-13-17-29-67(91)36-44-98-50-80(84-74(95)34-25-35-75(96)97,51-99-45-37-68(92)30-18-14-16-28-66(90)32-20-23-42-102-78-60(8)54(2)56(4)70(108-78)48-105-63(11)87)52-100-46-38-73(94)82-40-26-39-81-72(93)33-21-24-43-103-79-76(83-61(9)85)58(6)57(5)71(109-79)49-106-64(12)88/h53-60,69-71,76-79H,13-52H2,1-12H3,(H,81,93)(H,82,94)(H,83,85)(H,84,95)(H,96,97)/t53-,54-,55+,56+,57+,58-,59?,60?,69?,70?,71?,76?,77+,78+,79+,80?/m0/s1. The molecule has 29 nitrogen and oxygen atoms in total. The summed E-state index contributed by atoms with van der Waals surface area (Å²) in [7, 11) is 0. The molecule has 15 atom stereocenters. The first-order chi connectivity index (χ1) is 51.9. The molecular formula is C80H136N4O25. The predicted octanol–water partition coefficient (Wildman–Crippen LogP) is 9.13.